The van der Waals surface area contributed by atoms with Crippen molar-refractivity contribution in [1.82, 2.24) is 15.3 Å². The van der Waals surface area contributed by atoms with E-state index in [1.807, 2.05) is 19.1 Å². The molecule has 30 heavy (non-hydrogen) atoms. The largest absolute Gasteiger partial charge is 0.504 e. The highest BCUT2D eigenvalue weighted by atomic mass is 16.5. The molecule has 0 aliphatic carbocycles. The Bertz CT molecular complexity index is 1010. The summed E-state index contributed by atoms with van der Waals surface area (Å²) in [7, 11) is 1.49. The quantitative estimate of drug-likeness (QED) is 0.453. The minimum atomic E-state index is -0.223. The number of aromatic hydroxyl groups is 1. The summed E-state index contributed by atoms with van der Waals surface area (Å²) in [5, 5.41) is 24.5. The van der Waals surface area contributed by atoms with E-state index in [-0.39, 0.29) is 30.9 Å². The van der Waals surface area contributed by atoms with Gasteiger partial charge in [-0.15, -0.1) is 0 Å². The maximum absolute atomic E-state index is 11.9. The SMILES string of the molecule is COc1cc(-c2cncc(NC(C)c3ccc(C(=O)NCCO)cc3)n2)ccc1O. The first-order valence-corrected chi connectivity index (χ1v) is 9.46. The maximum Gasteiger partial charge on any atom is 0.251 e. The summed E-state index contributed by atoms with van der Waals surface area (Å²) >= 11 is 0. The van der Waals surface area contributed by atoms with Crippen LogP contribution in [0.3, 0.4) is 0 Å². The number of benzene rings is 2. The number of hydrogen-bond acceptors (Lipinski definition) is 7. The average molecular weight is 408 g/mol. The van der Waals surface area contributed by atoms with Gasteiger partial charge in [0.2, 0.25) is 0 Å². The number of anilines is 1. The first-order chi connectivity index (χ1) is 14.5. The van der Waals surface area contributed by atoms with Crippen molar-refractivity contribution in [2.75, 3.05) is 25.6 Å². The van der Waals surface area contributed by atoms with Gasteiger partial charge in [0, 0.05) is 23.7 Å². The number of carbonyl (C=O) groups excluding carboxylic acids is 1. The van der Waals surface area contributed by atoms with Gasteiger partial charge < -0.3 is 25.6 Å². The van der Waals surface area contributed by atoms with E-state index in [0.717, 1.165) is 11.1 Å². The Balaban J connectivity index is 1.72. The summed E-state index contributed by atoms with van der Waals surface area (Å²) in [5.41, 5.74) is 2.92. The van der Waals surface area contributed by atoms with Crippen molar-refractivity contribution < 1.29 is 19.7 Å². The van der Waals surface area contributed by atoms with Crippen molar-refractivity contribution in [3.63, 3.8) is 0 Å². The lowest BCUT2D eigenvalue weighted by Gasteiger charge is -2.16. The molecule has 1 unspecified atom stereocenters. The number of ether oxygens (including phenoxy) is 1. The summed E-state index contributed by atoms with van der Waals surface area (Å²) in [5.74, 6) is 0.797. The molecule has 1 aromatic heterocycles. The Hall–Kier alpha value is -3.65. The lowest BCUT2D eigenvalue weighted by molar-refractivity contribution is 0.0944. The van der Waals surface area contributed by atoms with Crippen LogP contribution in [-0.4, -0.2) is 46.3 Å². The molecule has 0 saturated heterocycles. The van der Waals surface area contributed by atoms with Crippen LogP contribution >= 0.6 is 0 Å². The molecule has 0 spiro atoms. The number of rotatable bonds is 8. The van der Waals surface area contributed by atoms with Crippen LogP contribution in [0, 0.1) is 0 Å². The molecule has 8 nitrogen and oxygen atoms in total. The second-order valence-corrected chi connectivity index (χ2v) is 6.64. The van der Waals surface area contributed by atoms with E-state index < -0.39 is 0 Å². The fourth-order valence-electron chi connectivity index (χ4n) is 2.91. The number of hydrogen-bond donors (Lipinski definition) is 4. The van der Waals surface area contributed by atoms with Crippen LogP contribution in [0.25, 0.3) is 11.3 Å². The molecule has 0 bridgehead atoms. The smallest absolute Gasteiger partial charge is 0.251 e. The van der Waals surface area contributed by atoms with E-state index in [1.165, 1.54) is 7.11 Å². The molecule has 3 rings (SSSR count). The van der Waals surface area contributed by atoms with E-state index >= 15 is 0 Å². The highest BCUT2D eigenvalue weighted by Gasteiger charge is 2.11. The van der Waals surface area contributed by atoms with Crippen molar-refractivity contribution in [2.24, 2.45) is 0 Å². The third-order valence-corrected chi connectivity index (χ3v) is 4.54. The van der Waals surface area contributed by atoms with Gasteiger partial charge in [0.15, 0.2) is 11.5 Å². The minimum Gasteiger partial charge on any atom is -0.504 e. The Morgan fingerprint density at radius 2 is 1.93 bits per heavy atom. The molecule has 0 radical (unpaired) electrons. The van der Waals surface area contributed by atoms with Crippen LogP contribution < -0.4 is 15.4 Å². The van der Waals surface area contributed by atoms with Gasteiger partial charge in [-0.1, -0.05) is 12.1 Å². The highest BCUT2D eigenvalue weighted by molar-refractivity contribution is 5.94. The summed E-state index contributed by atoms with van der Waals surface area (Å²) in [4.78, 5) is 20.8. The number of aliphatic hydroxyl groups is 1. The molecular weight excluding hydrogens is 384 g/mol. The number of phenols is 1. The summed E-state index contributed by atoms with van der Waals surface area (Å²) in [6, 6.07) is 12.1. The second-order valence-electron chi connectivity index (χ2n) is 6.64. The topological polar surface area (TPSA) is 117 Å². The number of phenolic OH excluding ortho intramolecular Hbond substituents is 1. The molecule has 1 atom stereocenters. The zero-order valence-electron chi connectivity index (χ0n) is 16.8. The lowest BCUT2D eigenvalue weighted by Crippen LogP contribution is -2.26. The zero-order valence-corrected chi connectivity index (χ0v) is 16.8. The van der Waals surface area contributed by atoms with Gasteiger partial charge in [0.25, 0.3) is 5.91 Å². The van der Waals surface area contributed by atoms with Gasteiger partial charge in [0.1, 0.15) is 5.82 Å². The minimum absolute atomic E-state index is 0.0607. The Morgan fingerprint density at radius 1 is 1.17 bits per heavy atom. The molecule has 3 aromatic rings. The first kappa shape index (κ1) is 21.1. The molecule has 156 valence electrons. The number of nitrogens with one attached hydrogen (secondary N) is 2. The van der Waals surface area contributed by atoms with Gasteiger partial charge in [-0.05, 0) is 42.8 Å². The number of aromatic nitrogens is 2. The fraction of sp³-hybridized carbons (Fsp3) is 0.227. The van der Waals surface area contributed by atoms with Gasteiger partial charge in [-0.25, -0.2) is 4.98 Å². The highest BCUT2D eigenvalue weighted by Crippen LogP contribution is 2.31. The van der Waals surface area contributed by atoms with Crippen molar-refractivity contribution >= 4 is 11.7 Å². The van der Waals surface area contributed by atoms with Crippen LogP contribution in [0.4, 0.5) is 5.82 Å². The number of carbonyl (C=O) groups is 1. The third kappa shape index (κ3) is 5.03. The summed E-state index contributed by atoms with van der Waals surface area (Å²) in [6.45, 7) is 2.11. The van der Waals surface area contributed by atoms with Crippen LogP contribution in [0.5, 0.6) is 11.5 Å². The zero-order chi connectivity index (χ0) is 21.5. The lowest BCUT2D eigenvalue weighted by atomic mass is 10.1. The maximum atomic E-state index is 11.9. The van der Waals surface area contributed by atoms with Crippen LogP contribution in [0.1, 0.15) is 28.9 Å². The predicted octanol–water partition coefficient (Wildman–Crippen LogP) is 2.75. The van der Waals surface area contributed by atoms with Crippen molar-refractivity contribution in [1.29, 1.82) is 0 Å². The van der Waals surface area contributed by atoms with Crippen molar-refractivity contribution in [3.05, 3.63) is 66.0 Å². The van der Waals surface area contributed by atoms with Crippen LogP contribution in [-0.2, 0) is 0 Å². The molecule has 2 aromatic carbocycles. The molecule has 4 N–H and O–H groups in total. The van der Waals surface area contributed by atoms with Crippen molar-refractivity contribution in [3.8, 4) is 22.8 Å². The Kier molecular flexibility index (Phi) is 6.82. The van der Waals surface area contributed by atoms with Gasteiger partial charge in [-0.3, -0.25) is 9.78 Å². The van der Waals surface area contributed by atoms with Crippen LogP contribution in [0.2, 0.25) is 0 Å². The monoisotopic (exact) mass is 408 g/mol. The molecule has 8 heteroatoms. The summed E-state index contributed by atoms with van der Waals surface area (Å²) < 4.78 is 5.15. The number of amides is 1. The summed E-state index contributed by atoms with van der Waals surface area (Å²) in [6.07, 6.45) is 3.27. The molecule has 0 aliphatic rings. The van der Waals surface area contributed by atoms with E-state index in [0.29, 0.717) is 22.8 Å². The molecular formula is C22H24N4O4. The van der Waals surface area contributed by atoms with E-state index in [9.17, 15) is 9.90 Å². The van der Waals surface area contributed by atoms with E-state index in [2.05, 4.69) is 20.6 Å². The Morgan fingerprint density at radius 3 is 2.63 bits per heavy atom. The molecule has 0 aliphatic heterocycles. The van der Waals surface area contributed by atoms with Gasteiger partial charge in [-0.2, -0.15) is 0 Å². The number of aliphatic hydroxyl groups excluding tert-OH is 1. The second kappa shape index (κ2) is 9.71. The third-order valence-electron chi connectivity index (χ3n) is 4.54. The van der Waals surface area contributed by atoms with Crippen LogP contribution in [0.15, 0.2) is 54.9 Å². The first-order valence-electron chi connectivity index (χ1n) is 9.46. The fourth-order valence-corrected chi connectivity index (χ4v) is 2.91. The van der Waals surface area contributed by atoms with E-state index in [1.54, 1.807) is 42.7 Å². The average Bonchev–Trinajstić information content (AvgIpc) is 2.78. The van der Waals surface area contributed by atoms with Gasteiger partial charge >= 0.3 is 0 Å². The Labute approximate surface area is 174 Å². The molecule has 1 amide bonds. The van der Waals surface area contributed by atoms with Gasteiger partial charge in [0.05, 0.1) is 31.8 Å². The molecule has 0 saturated carbocycles. The number of methoxy groups -OCH3 is 1. The van der Waals surface area contributed by atoms with E-state index in [4.69, 9.17) is 9.84 Å². The molecule has 1 heterocycles. The number of nitrogens with zero attached hydrogens (tertiary/aromatic N) is 2. The predicted molar refractivity (Wildman–Crippen MR) is 114 cm³/mol. The normalized spacial score (nSPS) is 11.6. The van der Waals surface area contributed by atoms with Crippen molar-refractivity contribution in [2.45, 2.75) is 13.0 Å². The standard InChI is InChI=1S/C22H24N4O4/c1-14(15-3-5-16(6-4-15)22(29)24-9-10-27)25-21-13-23-12-18(26-21)17-7-8-19(28)20(11-17)30-2/h3-8,11-14,27-28H,9-10H2,1-2H3,(H,24,29)(H,25,26). The molecule has 0 fully saturated rings.